The lowest BCUT2D eigenvalue weighted by Crippen LogP contribution is -1.96. The minimum absolute atomic E-state index is 0.0915. The van der Waals surface area contributed by atoms with Crippen LogP contribution in [0.5, 0.6) is 0 Å². The van der Waals surface area contributed by atoms with Gasteiger partial charge in [-0.25, -0.2) is 0 Å². The van der Waals surface area contributed by atoms with Gasteiger partial charge in [-0.15, -0.1) is 0 Å². The molecule has 2 unspecified atom stereocenters. The minimum atomic E-state index is -0.0915. The highest BCUT2D eigenvalue weighted by Crippen LogP contribution is 1.96. The van der Waals surface area contributed by atoms with Crippen molar-refractivity contribution in [1.29, 1.82) is 15.8 Å². The summed E-state index contributed by atoms with van der Waals surface area (Å²) in [6.07, 6.45) is 1.68. The van der Waals surface area contributed by atoms with Gasteiger partial charge in [0, 0.05) is 6.42 Å². The van der Waals surface area contributed by atoms with Gasteiger partial charge in [0.2, 0.25) is 0 Å². The van der Waals surface area contributed by atoms with Crippen molar-refractivity contribution in [2.45, 2.75) is 33.6 Å². The summed E-state index contributed by atoms with van der Waals surface area (Å²) in [7, 11) is 0. The van der Waals surface area contributed by atoms with Gasteiger partial charge in [-0.3, -0.25) is 0 Å². The number of unbranched alkanes of at least 4 members (excludes halogenated alkanes) is 1. The summed E-state index contributed by atoms with van der Waals surface area (Å²) in [4.78, 5) is 0. The molecule has 0 aromatic heterocycles. The first kappa shape index (κ1) is 17.5. The monoisotopic (exact) mass is 233 g/mol. The van der Waals surface area contributed by atoms with Crippen molar-refractivity contribution < 1.29 is 0 Å². The standard InChI is InChI=1S/C8H12N4.C4H7N/c1-7(3-9)5-11-12-6-8(2)4-10;1-2-3-4-5/h7-8H,5-6H2,1-2H3;2-3H2,1H3. The number of hydrogen-bond donors (Lipinski definition) is 0. The van der Waals surface area contributed by atoms with Crippen molar-refractivity contribution in [1.82, 2.24) is 0 Å². The molecule has 92 valence electrons. The molecule has 0 saturated carbocycles. The molecule has 0 aliphatic carbocycles. The van der Waals surface area contributed by atoms with Crippen LogP contribution < -0.4 is 0 Å². The molecule has 5 heteroatoms. The van der Waals surface area contributed by atoms with Crippen molar-refractivity contribution in [3.63, 3.8) is 0 Å². The van der Waals surface area contributed by atoms with E-state index in [2.05, 4.69) is 10.2 Å². The van der Waals surface area contributed by atoms with Crippen LogP contribution in [0, 0.1) is 45.8 Å². The van der Waals surface area contributed by atoms with Gasteiger partial charge in [-0.1, -0.05) is 6.92 Å². The van der Waals surface area contributed by atoms with Gasteiger partial charge in [-0.05, 0) is 20.3 Å². The second-order valence-corrected chi connectivity index (χ2v) is 3.62. The van der Waals surface area contributed by atoms with E-state index in [0.717, 1.165) is 6.42 Å². The highest BCUT2D eigenvalue weighted by molar-refractivity contribution is 4.81. The average Bonchev–Trinajstić information content (AvgIpc) is 2.35. The molecule has 0 amide bonds. The number of hydrogen-bond acceptors (Lipinski definition) is 5. The molecular weight excluding hydrogens is 214 g/mol. The predicted molar refractivity (Wildman–Crippen MR) is 64.7 cm³/mol. The molecule has 0 rings (SSSR count). The van der Waals surface area contributed by atoms with Gasteiger partial charge < -0.3 is 0 Å². The molecule has 0 saturated heterocycles. The van der Waals surface area contributed by atoms with E-state index in [0.29, 0.717) is 19.5 Å². The predicted octanol–water partition coefficient (Wildman–Crippen LogP) is 3.07. The van der Waals surface area contributed by atoms with Crippen LogP contribution in [-0.4, -0.2) is 13.1 Å². The van der Waals surface area contributed by atoms with Crippen molar-refractivity contribution >= 4 is 0 Å². The largest absolute Gasteiger partial charge is 0.198 e. The Balaban J connectivity index is 0. The zero-order valence-corrected chi connectivity index (χ0v) is 10.7. The molecule has 2 atom stereocenters. The quantitative estimate of drug-likeness (QED) is 0.682. The Morgan fingerprint density at radius 1 is 0.941 bits per heavy atom. The Bertz CT molecular complexity index is 291. The summed E-state index contributed by atoms with van der Waals surface area (Å²) >= 11 is 0. The molecular formula is C12H19N5. The number of rotatable bonds is 5. The molecule has 0 aromatic rings. The molecule has 0 radical (unpaired) electrons. The number of azo groups is 1. The highest BCUT2D eigenvalue weighted by atomic mass is 15.1. The topological polar surface area (TPSA) is 96.1 Å². The van der Waals surface area contributed by atoms with Crippen LogP contribution in [0.1, 0.15) is 33.6 Å². The fraction of sp³-hybridized carbons (Fsp3) is 0.750. The molecule has 0 fully saturated rings. The maximum absolute atomic E-state index is 8.39. The first-order valence-electron chi connectivity index (χ1n) is 5.61. The van der Waals surface area contributed by atoms with E-state index >= 15 is 0 Å². The van der Waals surface area contributed by atoms with Crippen molar-refractivity contribution in [3.05, 3.63) is 0 Å². The van der Waals surface area contributed by atoms with E-state index in [1.54, 1.807) is 13.8 Å². The third kappa shape index (κ3) is 16.7. The van der Waals surface area contributed by atoms with E-state index in [1.165, 1.54) is 0 Å². The summed E-state index contributed by atoms with van der Waals surface area (Å²) in [5, 5.41) is 32.2. The van der Waals surface area contributed by atoms with Gasteiger partial charge in [0.05, 0.1) is 43.1 Å². The summed E-state index contributed by atoms with van der Waals surface area (Å²) in [6.45, 7) is 6.41. The Morgan fingerprint density at radius 2 is 1.35 bits per heavy atom. The van der Waals surface area contributed by atoms with E-state index in [9.17, 15) is 0 Å². The zero-order chi connectivity index (χ0) is 13.5. The second-order valence-electron chi connectivity index (χ2n) is 3.62. The third-order valence-corrected chi connectivity index (χ3v) is 1.61. The Labute approximate surface area is 103 Å². The van der Waals surface area contributed by atoms with Gasteiger partial charge in [-0.2, -0.15) is 26.0 Å². The third-order valence-electron chi connectivity index (χ3n) is 1.61. The van der Waals surface area contributed by atoms with E-state index < -0.39 is 0 Å². The maximum atomic E-state index is 8.39. The fourth-order valence-corrected chi connectivity index (χ4v) is 0.554. The van der Waals surface area contributed by atoms with Crippen LogP contribution >= 0.6 is 0 Å². The first-order chi connectivity index (χ1) is 8.12. The van der Waals surface area contributed by atoms with E-state index in [4.69, 9.17) is 15.8 Å². The van der Waals surface area contributed by atoms with Gasteiger partial charge >= 0.3 is 0 Å². The second kappa shape index (κ2) is 14.1. The highest BCUT2D eigenvalue weighted by Gasteiger charge is 1.97. The number of nitriles is 3. The van der Waals surface area contributed by atoms with Gasteiger partial charge in [0.15, 0.2) is 0 Å². The lowest BCUT2D eigenvalue weighted by atomic mass is 10.2. The van der Waals surface area contributed by atoms with Crippen LogP contribution in [0.15, 0.2) is 10.2 Å². The van der Waals surface area contributed by atoms with Crippen molar-refractivity contribution in [2.24, 2.45) is 22.1 Å². The zero-order valence-electron chi connectivity index (χ0n) is 10.7. The summed E-state index contributed by atoms with van der Waals surface area (Å²) in [5.41, 5.74) is 0. The van der Waals surface area contributed by atoms with Gasteiger partial charge in [0.1, 0.15) is 0 Å². The lowest BCUT2D eigenvalue weighted by Gasteiger charge is -1.95. The van der Waals surface area contributed by atoms with Gasteiger partial charge in [0.25, 0.3) is 0 Å². The molecule has 0 aromatic carbocycles. The van der Waals surface area contributed by atoms with Crippen molar-refractivity contribution in [3.8, 4) is 18.2 Å². The van der Waals surface area contributed by atoms with E-state index in [1.807, 2.05) is 25.1 Å². The minimum Gasteiger partial charge on any atom is -0.198 e. The average molecular weight is 233 g/mol. The molecule has 0 bridgehead atoms. The fourth-order valence-electron chi connectivity index (χ4n) is 0.554. The van der Waals surface area contributed by atoms with Crippen LogP contribution in [0.3, 0.4) is 0 Å². The maximum Gasteiger partial charge on any atom is 0.0754 e. The van der Waals surface area contributed by atoms with Crippen molar-refractivity contribution in [2.75, 3.05) is 13.1 Å². The van der Waals surface area contributed by atoms with Crippen LogP contribution in [-0.2, 0) is 0 Å². The summed E-state index contributed by atoms with van der Waals surface area (Å²) < 4.78 is 0. The van der Waals surface area contributed by atoms with Crippen LogP contribution in [0.4, 0.5) is 0 Å². The molecule has 17 heavy (non-hydrogen) atoms. The Hall–Kier alpha value is -1.93. The summed E-state index contributed by atoms with van der Waals surface area (Å²) in [5.74, 6) is -0.183. The molecule has 0 heterocycles. The Morgan fingerprint density at radius 3 is 1.53 bits per heavy atom. The number of nitrogens with zero attached hydrogens (tertiary/aromatic N) is 5. The lowest BCUT2D eigenvalue weighted by molar-refractivity contribution is 0.667. The summed E-state index contributed by atoms with van der Waals surface area (Å²) in [6, 6.07) is 6.11. The van der Waals surface area contributed by atoms with E-state index in [-0.39, 0.29) is 11.8 Å². The normalized spacial score (nSPS) is 12.5. The molecule has 0 spiro atoms. The smallest absolute Gasteiger partial charge is 0.0754 e. The van der Waals surface area contributed by atoms with Crippen LogP contribution in [0.2, 0.25) is 0 Å². The molecule has 0 aliphatic heterocycles. The SMILES string of the molecule is CC(C#N)CN=NCC(C)C#N.CCCC#N. The molecule has 5 nitrogen and oxygen atoms in total. The molecule has 0 aliphatic rings. The van der Waals surface area contributed by atoms with Crippen LogP contribution in [0.25, 0.3) is 0 Å². The molecule has 0 N–H and O–H groups in total. The Kier molecular flexibility index (Phi) is 14.5. The first-order valence-corrected chi connectivity index (χ1v) is 5.61.